The zero-order valence-corrected chi connectivity index (χ0v) is 23.6. The Labute approximate surface area is 230 Å². The molecule has 0 unspecified atom stereocenters. The molecule has 2 aromatic carbocycles. The van der Waals surface area contributed by atoms with Crippen molar-refractivity contribution in [1.82, 2.24) is 29.8 Å². The molecular weight excluding hydrogens is 492 g/mol. The Hall–Kier alpha value is -3.95. The number of rotatable bonds is 12. The maximum Gasteiger partial charge on any atom is 0.252 e. The van der Waals surface area contributed by atoms with Gasteiger partial charge >= 0.3 is 0 Å². The number of aromatic nitrogens is 4. The van der Waals surface area contributed by atoms with Gasteiger partial charge in [-0.1, -0.05) is 6.07 Å². The minimum atomic E-state index is -0.242. The molecule has 0 aliphatic carbocycles. The molecular formula is C30H38N6O3. The summed E-state index contributed by atoms with van der Waals surface area (Å²) in [6.07, 6.45) is 7.70. The van der Waals surface area contributed by atoms with Crippen molar-refractivity contribution in [2.75, 3.05) is 41.0 Å². The van der Waals surface area contributed by atoms with Crippen LogP contribution in [0.5, 0.6) is 5.75 Å². The van der Waals surface area contributed by atoms with Crippen LogP contribution < -0.4 is 10.1 Å². The summed E-state index contributed by atoms with van der Waals surface area (Å²) in [7, 11) is 7.58. The molecule has 0 aliphatic rings. The van der Waals surface area contributed by atoms with Crippen LogP contribution in [0.25, 0.3) is 22.3 Å². The maximum atomic E-state index is 13.4. The molecule has 0 saturated carbocycles. The second-order valence-corrected chi connectivity index (χ2v) is 10.1. The number of nitrogens with zero attached hydrogens (tertiary/aromatic N) is 5. The lowest BCUT2D eigenvalue weighted by atomic mass is 9.96. The topological polar surface area (TPSA) is 86.4 Å². The molecule has 39 heavy (non-hydrogen) atoms. The van der Waals surface area contributed by atoms with E-state index in [1.165, 1.54) is 0 Å². The highest BCUT2D eigenvalue weighted by Gasteiger charge is 2.17. The highest BCUT2D eigenvalue weighted by Crippen LogP contribution is 2.31. The predicted octanol–water partition coefficient (Wildman–Crippen LogP) is 4.34. The largest absolute Gasteiger partial charge is 0.492 e. The number of carbonyl (C=O) groups is 1. The number of ether oxygens (including phenoxy) is 2. The number of hydrogen-bond donors (Lipinski definition) is 1. The van der Waals surface area contributed by atoms with Crippen LogP contribution in [0.3, 0.4) is 0 Å². The van der Waals surface area contributed by atoms with E-state index < -0.39 is 0 Å². The number of carbonyl (C=O) groups excluding carboxylic acids is 1. The van der Waals surface area contributed by atoms with Gasteiger partial charge in [-0.05, 0) is 80.5 Å². The van der Waals surface area contributed by atoms with Gasteiger partial charge in [0.1, 0.15) is 12.4 Å². The average Bonchev–Trinajstić information content (AvgIpc) is 3.57. The molecule has 0 aliphatic heterocycles. The number of nitrogens with one attached hydrogen (secondary N) is 1. The lowest BCUT2D eigenvalue weighted by Gasteiger charge is -2.18. The molecule has 4 aromatic rings. The van der Waals surface area contributed by atoms with Crippen molar-refractivity contribution in [3.8, 4) is 28.0 Å². The Kier molecular flexibility index (Phi) is 9.16. The fourth-order valence-electron chi connectivity index (χ4n) is 4.26. The Bertz CT molecular complexity index is 1410. The van der Waals surface area contributed by atoms with Gasteiger partial charge in [0.05, 0.1) is 31.6 Å². The molecule has 206 valence electrons. The van der Waals surface area contributed by atoms with E-state index in [1.807, 2.05) is 82.7 Å². The van der Waals surface area contributed by atoms with Gasteiger partial charge < -0.3 is 19.7 Å². The predicted molar refractivity (Wildman–Crippen MR) is 153 cm³/mol. The number of likely N-dealkylation sites (N-methyl/N-ethyl adjacent to an activating group) is 1. The Balaban J connectivity index is 1.59. The number of hydrogen-bond acceptors (Lipinski definition) is 6. The van der Waals surface area contributed by atoms with Crippen LogP contribution in [-0.4, -0.2) is 71.3 Å². The minimum Gasteiger partial charge on any atom is -0.492 e. The first-order valence-corrected chi connectivity index (χ1v) is 13.1. The quantitative estimate of drug-likeness (QED) is 0.293. The Morgan fingerprint density at radius 3 is 2.38 bits per heavy atom. The van der Waals surface area contributed by atoms with Crippen LogP contribution in [0.2, 0.25) is 0 Å². The molecule has 0 bridgehead atoms. The van der Waals surface area contributed by atoms with E-state index in [2.05, 4.69) is 38.6 Å². The van der Waals surface area contributed by atoms with Gasteiger partial charge in [0.15, 0.2) is 0 Å². The molecule has 9 heteroatoms. The SMILES string of the molecule is COCCn1cc(-c2cc(-c3cnn(C)c3)cc([C@@H](C)NC(=O)c3cc(OCCN(C)C)ccc3C)c2)cn1. The van der Waals surface area contributed by atoms with Crippen molar-refractivity contribution in [1.29, 1.82) is 0 Å². The molecule has 0 saturated heterocycles. The van der Waals surface area contributed by atoms with E-state index in [0.717, 1.165) is 39.9 Å². The fraction of sp³-hybridized carbons (Fsp3) is 0.367. The van der Waals surface area contributed by atoms with Crippen LogP contribution in [0.1, 0.15) is 34.5 Å². The van der Waals surface area contributed by atoms with Gasteiger partial charge in [0.2, 0.25) is 0 Å². The molecule has 2 heterocycles. The van der Waals surface area contributed by atoms with E-state index >= 15 is 0 Å². The van der Waals surface area contributed by atoms with Gasteiger partial charge in [-0.2, -0.15) is 10.2 Å². The summed E-state index contributed by atoms with van der Waals surface area (Å²) < 4.78 is 14.7. The monoisotopic (exact) mass is 530 g/mol. The normalized spacial score (nSPS) is 12.1. The van der Waals surface area contributed by atoms with E-state index in [-0.39, 0.29) is 11.9 Å². The summed E-state index contributed by atoms with van der Waals surface area (Å²) in [4.78, 5) is 15.4. The third kappa shape index (κ3) is 7.34. The summed E-state index contributed by atoms with van der Waals surface area (Å²) in [5.74, 6) is 0.547. The van der Waals surface area contributed by atoms with Gasteiger partial charge in [-0.3, -0.25) is 14.2 Å². The van der Waals surface area contributed by atoms with Crippen LogP contribution in [0.15, 0.2) is 61.2 Å². The van der Waals surface area contributed by atoms with Crippen LogP contribution in [0, 0.1) is 6.92 Å². The lowest BCUT2D eigenvalue weighted by molar-refractivity contribution is 0.0938. The first kappa shape index (κ1) is 28.1. The number of methoxy groups -OCH3 is 1. The zero-order valence-electron chi connectivity index (χ0n) is 23.6. The molecule has 0 fully saturated rings. The minimum absolute atomic E-state index is 0.140. The zero-order chi connectivity index (χ0) is 27.9. The van der Waals surface area contributed by atoms with E-state index in [1.54, 1.807) is 11.8 Å². The molecule has 1 N–H and O–H groups in total. The standard InChI is InChI=1S/C30H38N6O3/c1-21-7-8-28(39-12-9-34(3)4)16-29(21)30(37)33-22(2)23-13-24(26-17-31-35(5)19-26)15-25(14-23)27-18-32-36(20-27)10-11-38-6/h7-8,13-20,22H,9-12H2,1-6H3,(H,33,37)/t22-/m1/s1. The highest BCUT2D eigenvalue weighted by atomic mass is 16.5. The van der Waals surface area contributed by atoms with Crippen molar-refractivity contribution in [2.45, 2.75) is 26.4 Å². The first-order chi connectivity index (χ1) is 18.7. The van der Waals surface area contributed by atoms with Gasteiger partial charge in [0.25, 0.3) is 5.91 Å². The van der Waals surface area contributed by atoms with Gasteiger partial charge in [-0.25, -0.2) is 0 Å². The van der Waals surface area contributed by atoms with Crippen molar-refractivity contribution in [3.63, 3.8) is 0 Å². The molecule has 0 spiro atoms. The van der Waals surface area contributed by atoms with Gasteiger partial charge in [-0.15, -0.1) is 0 Å². The van der Waals surface area contributed by atoms with E-state index in [9.17, 15) is 4.79 Å². The van der Waals surface area contributed by atoms with E-state index in [4.69, 9.17) is 9.47 Å². The molecule has 1 amide bonds. The second-order valence-electron chi connectivity index (χ2n) is 10.1. The van der Waals surface area contributed by atoms with Crippen molar-refractivity contribution in [3.05, 3.63) is 77.9 Å². The Morgan fingerprint density at radius 1 is 1.00 bits per heavy atom. The molecule has 1 atom stereocenters. The fourth-order valence-corrected chi connectivity index (χ4v) is 4.26. The smallest absolute Gasteiger partial charge is 0.252 e. The highest BCUT2D eigenvalue weighted by molar-refractivity contribution is 5.96. The van der Waals surface area contributed by atoms with Gasteiger partial charge in [0, 0.05) is 49.8 Å². The second kappa shape index (κ2) is 12.7. The van der Waals surface area contributed by atoms with Crippen LogP contribution in [-0.2, 0) is 18.3 Å². The average molecular weight is 531 g/mol. The van der Waals surface area contributed by atoms with Crippen molar-refractivity contribution >= 4 is 5.91 Å². The number of aryl methyl sites for hydroxylation is 2. The number of amides is 1. The summed E-state index contributed by atoms with van der Waals surface area (Å²) in [5.41, 5.74) is 6.53. The molecule has 4 rings (SSSR count). The summed E-state index contributed by atoms with van der Waals surface area (Å²) in [6.45, 7) is 6.55. The number of benzene rings is 2. The Morgan fingerprint density at radius 2 is 1.72 bits per heavy atom. The summed E-state index contributed by atoms with van der Waals surface area (Å²) in [5, 5.41) is 12.0. The van der Waals surface area contributed by atoms with Crippen LogP contribution in [0.4, 0.5) is 0 Å². The van der Waals surface area contributed by atoms with Crippen molar-refractivity contribution in [2.24, 2.45) is 7.05 Å². The third-order valence-electron chi connectivity index (χ3n) is 6.59. The van der Waals surface area contributed by atoms with Crippen molar-refractivity contribution < 1.29 is 14.3 Å². The van der Waals surface area contributed by atoms with Crippen LogP contribution >= 0.6 is 0 Å². The molecule has 2 aromatic heterocycles. The summed E-state index contributed by atoms with van der Waals surface area (Å²) >= 11 is 0. The first-order valence-electron chi connectivity index (χ1n) is 13.1. The summed E-state index contributed by atoms with van der Waals surface area (Å²) in [6, 6.07) is 11.7. The maximum absolute atomic E-state index is 13.4. The third-order valence-corrected chi connectivity index (χ3v) is 6.59. The molecule has 0 radical (unpaired) electrons. The molecule has 9 nitrogen and oxygen atoms in total. The van der Waals surface area contributed by atoms with E-state index in [0.29, 0.717) is 31.1 Å². The lowest BCUT2D eigenvalue weighted by Crippen LogP contribution is -2.27.